The van der Waals surface area contributed by atoms with Crippen molar-refractivity contribution in [2.45, 2.75) is 32.6 Å². The fourth-order valence-corrected chi connectivity index (χ4v) is 3.69. The van der Waals surface area contributed by atoms with Crippen LogP contribution in [0.4, 0.5) is 15.8 Å². The Kier molecular flexibility index (Phi) is 5.51. The zero-order chi connectivity index (χ0) is 18.7. The summed E-state index contributed by atoms with van der Waals surface area (Å²) in [4.78, 5) is 18.3. The summed E-state index contributed by atoms with van der Waals surface area (Å²) in [6, 6.07) is 2.51. The summed E-state index contributed by atoms with van der Waals surface area (Å²) in [5, 5.41) is 10.8. The topological polar surface area (TPSA) is 68.5 Å². The van der Waals surface area contributed by atoms with Crippen LogP contribution in [0.15, 0.2) is 17.1 Å². The van der Waals surface area contributed by atoms with Crippen LogP contribution in [-0.2, 0) is 0 Å². The van der Waals surface area contributed by atoms with Crippen LogP contribution in [0.5, 0.6) is 0 Å². The molecule has 1 saturated heterocycles. The van der Waals surface area contributed by atoms with Crippen molar-refractivity contribution in [2.24, 2.45) is 16.3 Å². The second-order valence-electron chi connectivity index (χ2n) is 7.70. The number of nitrogens with zero attached hydrogens (tertiary/aromatic N) is 2. The minimum absolute atomic E-state index is 0.208. The molecule has 1 aromatic carbocycles. The van der Waals surface area contributed by atoms with Gasteiger partial charge in [0.2, 0.25) is 0 Å². The first kappa shape index (κ1) is 18.7. The quantitative estimate of drug-likeness (QED) is 0.573. The summed E-state index contributed by atoms with van der Waals surface area (Å²) >= 11 is 0. The fourth-order valence-electron chi connectivity index (χ4n) is 3.69. The molecule has 5 nitrogen and oxygen atoms in total. The maximum absolute atomic E-state index is 13.9. The number of rotatable bonds is 7. The predicted molar refractivity (Wildman–Crippen MR) is 104 cm³/mol. The van der Waals surface area contributed by atoms with Crippen molar-refractivity contribution in [2.75, 3.05) is 32.0 Å². The Morgan fingerprint density at radius 2 is 2.12 bits per heavy atom. The number of likely N-dealkylation sites (tertiary alicyclic amines) is 1. The Balaban J connectivity index is 1.85. The van der Waals surface area contributed by atoms with Crippen molar-refractivity contribution in [1.82, 2.24) is 4.90 Å². The molecule has 0 radical (unpaired) electrons. The van der Waals surface area contributed by atoms with Crippen LogP contribution in [0.1, 0.15) is 43.0 Å². The zero-order valence-electron chi connectivity index (χ0n) is 15.5. The van der Waals surface area contributed by atoms with E-state index >= 15 is 0 Å². The molecule has 1 heterocycles. The van der Waals surface area contributed by atoms with Gasteiger partial charge in [-0.15, -0.1) is 0 Å². The molecule has 0 bridgehead atoms. The van der Waals surface area contributed by atoms with E-state index in [9.17, 15) is 9.18 Å². The number of anilines is 1. The number of aldehydes is 1. The summed E-state index contributed by atoms with van der Waals surface area (Å²) in [6.45, 7) is 5.32. The summed E-state index contributed by atoms with van der Waals surface area (Å²) < 4.78 is 13.9. The van der Waals surface area contributed by atoms with E-state index in [-0.39, 0.29) is 11.0 Å². The highest BCUT2D eigenvalue weighted by Crippen LogP contribution is 2.37. The highest BCUT2D eigenvalue weighted by atomic mass is 19.1. The van der Waals surface area contributed by atoms with E-state index in [1.165, 1.54) is 37.7 Å². The minimum Gasteiger partial charge on any atom is -0.386 e. The molecule has 1 aliphatic carbocycles. The molecule has 6 heteroatoms. The molecule has 0 amide bonds. The molecule has 140 valence electrons. The normalized spacial score (nSPS) is 20.7. The van der Waals surface area contributed by atoms with E-state index < -0.39 is 5.82 Å². The highest BCUT2D eigenvalue weighted by molar-refractivity contribution is 6.32. The number of nitrogens with one attached hydrogen (secondary N) is 2. The second kappa shape index (κ2) is 7.66. The molecule has 0 spiro atoms. The number of halogens is 1. The summed E-state index contributed by atoms with van der Waals surface area (Å²) in [5.74, 6) is 0.376. The van der Waals surface area contributed by atoms with Gasteiger partial charge in [-0.05, 0) is 50.8 Å². The molecule has 0 unspecified atom stereocenters. The number of carbonyl (C=O) groups is 1. The van der Waals surface area contributed by atoms with Gasteiger partial charge in [-0.2, -0.15) is 0 Å². The number of hydrogen-bond acceptors (Lipinski definition) is 5. The number of benzene rings is 1. The van der Waals surface area contributed by atoms with Gasteiger partial charge in [0, 0.05) is 36.9 Å². The molecule has 26 heavy (non-hydrogen) atoms. The van der Waals surface area contributed by atoms with E-state index in [1.54, 1.807) is 7.05 Å². The number of hydrogen-bond donors (Lipinski definition) is 2. The van der Waals surface area contributed by atoms with Gasteiger partial charge in [0.15, 0.2) is 6.29 Å². The SMILES string of the molecule is CNc1c(C=O)cc(F)cc1/N=C(\C=N)C1(C)CCN(CC2CC2)CC1. The lowest BCUT2D eigenvalue weighted by Crippen LogP contribution is -2.43. The van der Waals surface area contributed by atoms with Crippen molar-refractivity contribution in [3.63, 3.8) is 0 Å². The van der Waals surface area contributed by atoms with Crippen LogP contribution in [0.2, 0.25) is 0 Å². The molecule has 0 atom stereocenters. The van der Waals surface area contributed by atoms with Crippen molar-refractivity contribution in [3.05, 3.63) is 23.5 Å². The monoisotopic (exact) mass is 358 g/mol. The average Bonchev–Trinajstić information content (AvgIpc) is 3.45. The molecule has 1 aliphatic heterocycles. The summed E-state index contributed by atoms with van der Waals surface area (Å²) in [6.07, 6.45) is 6.47. The lowest BCUT2D eigenvalue weighted by atomic mass is 9.76. The first-order valence-corrected chi connectivity index (χ1v) is 9.27. The standard InChI is InChI=1S/C20H27FN4O/c1-20(5-7-25(8-6-20)12-14-3-4-14)18(11-22)24-17-10-16(21)9-15(13-26)19(17)23-2/h9-11,13-14,22-23H,3-8,12H2,1-2H3/b22-11?,24-18+. The predicted octanol–water partition coefficient (Wildman–Crippen LogP) is 3.91. The fraction of sp³-hybridized carbons (Fsp3) is 0.550. The van der Waals surface area contributed by atoms with Crippen LogP contribution in [0, 0.1) is 22.6 Å². The third-order valence-corrected chi connectivity index (χ3v) is 5.66. The van der Waals surface area contributed by atoms with Gasteiger partial charge in [-0.3, -0.25) is 4.79 Å². The second-order valence-corrected chi connectivity index (χ2v) is 7.70. The van der Waals surface area contributed by atoms with Crippen LogP contribution >= 0.6 is 0 Å². The van der Waals surface area contributed by atoms with Crippen molar-refractivity contribution in [1.29, 1.82) is 5.41 Å². The molecule has 1 aromatic rings. The Morgan fingerprint density at radius 3 is 2.65 bits per heavy atom. The van der Waals surface area contributed by atoms with Crippen LogP contribution in [0.3, 0.4) is 0 Å². The maximum atomic E-state index is 13.9. The summed E-state index contributed by atoms with van der Waals surface area (Å²) in [5.41, 5.74) is 1.54. The molecular weight excluding hydrogens is 331 g/mol. The molecule has 1 saturated carbocycles. The van der Waals surface area contributed by atoms with Gasteiger partial charge in [0.25, 0.3) is 0 Å². The van der Waals surface area contributed by atoms with Crippen molar-refractivity contribution < 1.29 is 9.18 Å². The number of aliphatic imine (C=N–C) groups is 1. The smallest absolute Gasteiger partial charge is 0.152 e. The Hall–Kier alpha value is -2.08. The number of piperidine rings is 1. The Labute approximate surface area is 154 Å². The third-order valence-electron chi connectivity index (χ3n) is 5.66. The molecule has 2 N–H and O–H groups in total. The van der Waals surface area contributed by atoms with E-state index in [2.05, 4.69) is 22.1 Å². The van der Waals surface area contributed by atoms with E-state index in [1.807, 2.05) is 0 Å². The van der Waals surface area contributed by atoms with Gasteiger partial charge in [0.05, 0.1) is 17.1 Å². The first-order chi connectivity index (χ1) is 12.5. The van der Waals surface area contributed by atoms with Gasteiger partial charge in [0.1, 0.15) is 5.82 Å². The van der Waals surface area contributed by atoms with E-state index in [0.717, 1.165) is 31.8 Å². The van der Waals surface area contributed by atoms with Gasteiger partial charge >= 0.3 is 0 Å². The molecule has 0 aromatic heterocycles. The van der Waals surface area contributed by atoms with Crippen molar-refractivity contribution >= 4 is 29.6 Å². The average molecular weight is 358 g/mol. The molecule has 2 fully saturated rings. The van der Waals surface area contributed by atoms with E-state index in [4.69, 9.17) is 5.41 Å². The van der Waals surface area contributed by atoms with Crippen LogP contribution in [-0.4, -0.2) is 49.8 Å². The lowest BCUT2D eigenvalue weighted by molar-refractivity contribution is 0.112. The van der Waals surface area contributed by atoms with E-state index in [0.29, 0.717) is 23.4 Å². The van der Waals surface area contributed by atoms with Crippen LogP contribution < -0.4 is 5.32 Å². The largest absolute Gasteiger partial charge is 0.386 e. The maximum Gasteiger partial charge on any atom is 0.152 e. The van der Waals surface area contributed by atoms with Gasteiger partial charge < -0.3 is 15.6 Å². The number of carbonyl (C=O) groups excluding carboxylic acids is 1. The molecule has 3 rings (SSSR count). The highest BCUT2D eigenvalue weighted by Gasteiger charge is 2.36. The lowest BCUT2D eigenvalue weighted by Gasteiger charge is -2.39. The zero-order valence-corrected chi connectivity index (χ0v) is 15.5. The minimum atomic E-state index is -0.501. The van der Waals surface area contributed by atoms with Gasteiger partial charge in [-0.1, -0.05) is 6.92 Å². The molecular formula is C20H27FN4O. The van der Waals surface area contributed by atoms with Crippen LogP contribution in [0.25, 0.3) is 0 Å². The third kappa shape index (κ3) is 4.01. The first-order valence-electron chi connectivity index (χ1n) is 9.27. The van der Waals surface area contributed by atoms with Crippen molar-refractivity contribution in [3.8, 4) is 0 Å². The van der Waals surface area contributed by atoms with Gasteiger partial charge in [-0.25, -0.2) is 9.38 Å². The Bertz CT molecular complexity index is 719. The summed E-state index contributed by atoms with van der Waals surface area (Å²) in [7, 11) is 1.68. The Morgan fingerprint density at radius 1 is 1.42 bits per heavy atom. The molecule has 2 aliphatic rings.